The van der Waals surface area contributed by atoms with Gasteiger partial charge in [-0.3, -0.25) is 4.79 Å². The molecule has 0 saturated heterocycles. The molecule has 1 unspecified atom stereocenters. The van der Waals surface area contributed by atoms with Gasteiger partial charge in [0.1, 0.15) is 0 Å². The molecule has 1 rings (SSSR count). The fourth-order valence-corrected chi connectivity index (χ4v) is 1.59. The first kappa shape index (κ1) is 16.4. The van der Waals surface area contributed by atoms with Crippen molar-refractivity contribution < 1.29 is 13.9 Å². The van der Waals surface area contributed by atoms with E-state index < -0.39 is 5.82 Å². The van der Waals surface area contributed by atoms with Crippen LogP contribution in [0.1, 0.15) is 26.3 Å². The molecule has 1 aromatic rings. The van der Waals surface area contributed by atoms with E-state index in [4.69, 9.17) is 10.5 Å². The van der Waals surface area contributed by atoms with E-state index in [1.165, 1.54) is 12.1 Å². The van der Waals surface area contributed by atoms with Gasteiger partial charge in [0.15, 0.2) is 18.2 Å². The summed E-state index contributed by atoms with van der Waals surface area (Å²) in [6.07, 6.45) is 0.615. The number of hydrogen-bond acceptors (Lipinski definition) is 3. The molecule has 0 aliphatic carbocycles. The normalized spacial score (nSPS) is 12.3. The number of hydrogen-bond donors (Lipinski definition) is 2. The predicted molar refractivity (Wildman–Crippen MR) is 77.1 cm³/mol. The van der Waals surface area contributed by atoms with Crippen LogP contribution in [0.15, 0.2) is 18.2 Å². The second-order valence-corrected chi connectivity index (χ2v) is 5.19. The van der Waals surface area contributed by atoms with Gasteiger partial charge in [0.2, 0.25) is 0 Å². The van der Waals surface area contributed by atoms with Gasteiger partial charge in [-0.2, -0.15) is 0 Å². The lowest BCUT2D eigenvalue weighted by atomic mass is 10.1. The van der Waals surface area contributed by atoms with Crippen LogP contribution in [0.5, 0.6) is 5.75 Å². The van der Waals surface area contributed by atoms with Crippen molar-refractivity contribution in [3.8, 4) is 5.75 Å². The van der Waals surface area contributed by atoms with Crippen molar-refractivity contribution in [2.75, 3.05) is 13.2 Å². The van der Waals surface area contributed by atoms with E-state index in [-0.39, 0.29) is 24.3 Å². The molecule has 5 heteroatoms. The number of ether oxygens (including phenoxy) is 1. The number of halogens is 1. The lowest BCUT2D eigenvalue weighted by Crippen LogP contribution is -2.39. The van der Waals surface area contributed by atoms with Crippen LogP contribution in [0.25, 0.3) is 0 Å². The van der Waals surface area contributed by atoms with Gasteiger partial charge >= 0.3 is 0 Å². The first-order chi connectivity index (χ1) is 9.43. The van der Waals surface area contributed by atoms with Crippen molar-refractivity contribution in [3.63, 3.8) is 0 Å². The molecule has 1 aromatic carbocycles. The molecule has 0 bridgehead atoms. The number of amides is 1. The van der Waals surface area contributed by atoms with Crippen LogP contribution in [-0.4, -0.2) is 25.1 Å². The molecule has 0 fully saturated rings. The molecule has 0 radical (unpaired) electrons. The van der Waals surface area contributed by atoms with Gasteiger partial charge in [0.05, 0.1) is 0 Å². The molecular weight excluding hydrogens is 259 g/mol. The summed E-state index contributed by atoms with van der Waals surface area (Å²) < 4.78 is 18.9. The Hall–Kier alpha value is -1.62. The van der Waals surface area contributed by atoms with E-state index >= 15 is 0 Å². The number of carbonyl (C=O) groups is 1. The van der Waals surface area contributed by atoms with Crippen molar-refractivity contribution in [1.29, 1.82) is 0 Å². The summed E-state index contributed by atoms with van der Waals surface area (Å²) in [5.41, 5.74) is 6.23. The van der Waals surface area contributed by atoms with Crippen LogP contribution >= 0.6 is 0 Å². The van der Waals surface area contributed by atoms with Crippen molar-refractivity contribution in [3.05, 3.63) is 29.6 Å². The summed E-state index contributed by atoms with van der Waals surface area (Å²) in [6, 6.07) is 4.72. The maximum Gasteiger partial charge on any atom is 0.258 e. The first-order valence-corrected chi connectivity index (χ1v) is 6.84. The molecule has 1 amide bonds. The molecule has 3 N–H and O–H groups in total. The molecule has 0 saturated carbocycles. The van der Waals surface area contributed by atoms with Crippen molar-refractivity contribution >= 4 is 5.91 Å². The van der Waals surface area contributed by atoms with E-state index in [2.05, 4.69) is 5.32 Å². The Kier molecular flexibility index (Phi) is 6.45. The van der Waals surface area contributed by atoms with Gasteiger partial charge in [-0.1, -0.05) is 19.9 Å². The number of rotatable bonds is 7. The minimum Gasteiger partial charge on any atom is -0.481 e. The van der Waals surface area contributed by atoms with Crippen LogP contribution in [0, 0.1) is 11.7 Å². The van der Waals surface area contributed by atoms with Crippen LogP contribution in [0.4, 0.5) is 4.39 Å². The highest BCUT2D eigenvalue weighted by molar-refractivity contribution is 5.77. The van der Waals surface area contributed by atoms with Gasteiger partial charge in [-0.15, -0.1) is 0 Å². The average Bonchev–Trinajstić information content (AvgIpc) is 2.38. The highest BCUT2D eigenvalue weighted by atomic mass is 19.1. The largest absolute Gasteiger partial charge is 0.481 e. The molecular formula is C15H23FN2O2. The predicted octanol–water partition coefficient (Wildman–Crippen LogP) is 1.87. The molecule has 1 atom stereocenters. The molecule has 0 spiro atoms. The molecule has 0 aliphatic rings. The van der Waals surface area contributed by atoms with Crippen LogP contribution in [-0.2, 0) is 11.2 Å². The van der Waals surface area contributed by atoms with Crippen LogP contribution in [0.3, 0.4) is 0 Å². The highest BCUT2D eigenvalue weighted by Crippen LogP contribution is 2.18. The molecule has 4 nitrogen and oxygen atoms in total. The zero-order valence-electron chi connectivity index (χ0n) is 12.3. The summed E-state index contributed by atoms with van der Waals surface area (Å²) in [6.45, 7) is 6.23. The maximum absolute atomic E-state index is 13.7. The Morgan fingerprint density at radius 2 is 2.10 bits per heavy atom. The Labute approximate surface area is 119 Å². The lowest BCUT2D eigenvalue weighted by molar-refractivity contribution is -0.124. The monoisotopic (exact) mass is 282 g/mol. The Bertz CT molecular complexity index is 449. The fourth-order valence-electron chi connectivity index (χ4n) is 1.59. The Balaban J connectivity index is 2.51. The topological polar surface area (TPSA) is 64.3 Å². The number of nitrogens with one attached hydrogen (secondary N) is 1. The molecule has 0 aliphatic heterocycles. The molecule has 0 aromatic heterocycles. The Morgan fingerprint density at radius 1 is 1.40 bits per heavy atom. The second kappa shape index (κ2) is 7.85. The third kappa shape index (κ3) is 5.17. The first-order valence-electron chi connectivity index (χ1n) is 6.84. The third-order valence-corrected chi connectivity index (χ3v) is 3.18. The highest BCUT2D eigenvalue weighted by Gasteiger charge is 2.12. The summed E-state index contributed by atoms with van der Waals surface area (Å²) >= 11 is 0. The fraction of sp³-hybridized carbons (Fsp3) is 0.533. The summed E-state index contributed by atoms with van der Waals surface area (Å²) in [5, 5.41) is 2.80. The minimum absolute atomic E-state index is 0.0582. The van der Waals surface area contributed by atoms with E-state index in [1.807, 2.05) is 20.8 Å². The van der Waals surface area contributed by atoms with Gasteiger partial charge in [-0.25, -0.2) is 4.39 Å². The molecule has 112 valence electrons. The quantitative estimate of drug-likeness (QED) is 0.802. The van der Waals surface area contributed by atoms with Crippen molar-refractivity contribution in [2.24, 2.45) is 11.7 Å². The maximum atomic E-state index is 13.7. The Morgan fingerprint density at radius 3 is 2.65 bits per heavy atom. The third-order valence-electron chi connectivity index (χ3n) is 3.18. The van der Waals surface area contributed by atoms with E-state index in [0.717, 1.165) is 5.56 Å². The van der Waals surface area contributed by atoms with Gasteiger partial charge in [-0.05, 0) is 43.5 Å². The van der Waals surface area contributed by atoms with E-state index in [1.54, 1.807) is 6.07 Å². The second-order valence-electron chi connectivity index (χ2n) is 5.19. The molecule has 20 heavy (non-hydrogen) atoms. The minimum atomic E-state index is -0.472. The zero-order chi connectivity index (χ0) is 15.1. The van der Waals surface area contributed by atoms with Crippen LogP contribution in [0.2, 0.25) is 0 Å². The van der Waals surface area contributed by atoms with Crippen molar-refractivity contribution in [2.45, 2.75) is 33.2 Å². The summed E-state index contributed by atoms with van der Waals surface area (Å²) in [7, 11) is 0. The number of carbonyl (C=O) groups excluding carboxylic acids is 1. The smallest absolute Gasteiger partial charge is 0.258 e. The van der Waals surface area contributed by atoms with Crippen LogP contribution < -0.4 is 15.8 Å². The van der Waals surface area contributed by atoms with Gasteiger partial charge < -0.3 is 15.8 Å². The number of nitrogens with two attached hydrogens (primary N) is 1. The summed E-state index contributed by atoms with van der Waals surface area (Å²) in [4.78, 5) is 11.6. The van der Waals surface area contributed by atoms with E-state index in [9.17, 15) is 9.18 Å². The SMILES string of the molecule is CC(C)C(C)NC(=O)COc1ccc(CCN)cc1F. The summed E-state index contributed by atoms with van der Waals surface area (Å²) in [5.74, 6) is -0.304. The molecule has 0 heterocycles. The van der Waals surface area contributed by atoms with Gasteiger partial charge in [0.25, 0.3) is 5.91 Å². The standard InChI is InChI=1S/C15H23FN2O2/c1-10(2)11(3)18-15(19)9-20-14-5-4-12(6-7-17)8-13(14)16/h4-5,8,10-11H,6-7,9,17H2,1-3H3,(H,18,19). The average molecular weight is 282 g/mol. The van der Waals surface area contributed by atoms with Crippen molar-refractivity contribution in [1.82, 2.24) is 5.32 Å². The van der Waals surface area contributed by atoms with Gasteiger partial charge in [0, 0.05) is 6.04 Å². The lowest BCUT2D eigenvalue weighted by Gasteiger charge is -2.17. The van der Waals surface area contributed by atoms with E-state index in [0.29, 0.717) is 18.9 Å². The number of benzene rings is 1. The zero-order valence-corrected chi connectivity index (χ0v) is 12.3.